The predicted octanol–water partition coefficient (Wildman–Crippen LogP) is 6.92. The van der Waals surface area contributed by atoms with E-state index in [1.165, 1.54) is 0 Å². The van der Waals surface area contributed by atoms with E-state index in [-0.39, 0.29) is 53.5 Å². The number of halogens is 12. The molecule has 34 heavy (non-hydrogen) atoms. The van der Waals surface area contributed by atoms with Gasteiger partial charge in [0.05, 0.1) is 34.5 Å². The molecule has 0 saturated heterocycles. The SMILES string of the molecule is OC(CC(O)c1cc(C(F)(F)F)cc(C(F)(F)F)c1)c1cc(C(F)(F)F)cc(C(F)(F)F)c1.[Cu]. The van der Waals surface area contributed by atoms with Crippen LogP contribution in [0, 0.1) is 0 Å². The first-order chi connectivity index (χ1) is 14.7. The van der Waals surface area contributed by atoms with Crippen LogP contribution in [0.2, 0.25) is 0 Å². The molecule has 2 atom stereocenters. The fraction of sp³-hybridized carbons (Fsp3) is 0.368. The minimum Gasteiger partial charge on any atom is -0.388 e. The normalized spacial score (nSPS) is 15.0. The third kappa shape index (κ3) is 7.52. The van der Waals surface area contributed by atoms with Crippen molar-refractivity contribution in [3.8, 4) is 0 Å². The molecule has 15 heteroatoms. The first-order valence-corrected chi connectivity index (χ1v) is 8.64. The third-order valence-corrected chi connectivity index (χ3v) is 4.44. The number of aliphatic hydroxyl groups is 2. The van der Waals surface area contributed by atoms with E-state index in [1.807, 2.05) is 0 Å². The van der Waals surface area contributed by atoms with Crippen molar-refractivity contribution in [3.05, 3.63) is 69.8 Å². The summed E-state index contributed by atoms with van der Waals surface area (Å²) in [6.45, 7) is 0. The Morgan fingerprint density at radius 3 is 0.853 bits per heavy atom. The van der Waals surface area contributed by atoms with Crippen molar-refractivity contribution in [1.82, 2.24) is 0 Å². The molecule has 195 valence electrons. The molecule has 2 aromatic rings. The summed E-state index contributed by atoms with van der Waals surface area (Å²) in [5.41, 5.74) is -9.23. The number of alkyl halides is 12. The molecule has 2 aromatic carbocycles. The molecule has 2 nitrogen and oxygen atoms in total. The first kappa shape index (κ1) is 30.1. The molecule has 0 spiro atoms. The molecule has 1 radical (unpaired) electrons. The summed E-state index contributed by atoms with van der Waals surface area (Å²) in [6, 6.07) is 0.0176. The molecule has 2 rings (SSSR count). The van der Waals surface area contributed by atoms with E-state index in [0.29, 0.717) is 0 Å². The molecule has 0 aliphatic heterocycles. The molecule has 0 heterocycles. The molecule has 0 bridgehead atoms. The van der Waals surface area contributed by atoms with Gasteiger partial charge in [-0.15, -0.1) is 0 Å². The van der Waals surface area contributed by atoms with Crippen LogP contribution >= 0.6 is 0 Å². The Labute approximate surface area is 193 Å². The summed E-state index contributed by atoms with van der Waals surface area (Å²) in [6.07, 6.45) is -26.9. The zero-order chi connectivity index (χ0) is 25.6. The molecule has 0 amide bonds. The second kappa shape index (κ2) is 9.96. The van der Waals surface area contributed by atoms with Gasteiger partial charge in [0.15, 0.2) is 0 Å². The van der Waals surface area contributed by atoms with Gasteiger partial charge < -0.3 is 10.2 Å². The van der Waals surface area contributed by atoms with Crippen molar-refractivity contribution >= 4 is 0 Å². The summed E-state index contributed by atoms with van der Waals surface area (Å²) in [4.78, 5) is 0. The molecule has 0 fully saturated rings. The summed E-state index contributed by atoms with van der Waals surface area (Å²) < 4.78 is 155. The second-order valence-corrected chi connectivity index (χ2v) is 6.95. The Balaban J connectivity index is 0.00000578. The molecule has 2 N–H and O–H groups in total. The smallest absolute Gasteiger partial charge is 0.388 e. The van der Waals surface area contributed by atoms with Crippen LogP contribution in [0.15, 0.2) is 36.4 Å². The van der Waals surface area contributed by atoms with Gasteiger partial charge in [0.2, 0.25) is 0 Å². The maximum absolute atomic E-state index is 12.9. The van der Waals surface area contributed by atoms with Gasteiger partial charge in [0.1, 0.15) is 0 Å². The van der Waals surface area contributed by atoms with Crippen molar-refractivity contribution in [2.45, 2.75) is 43.3 Å². The molecule has 0 saturated carbocycles. The van der Waals surface area contributed by atoms with Crippen LogP contribution in [0.4, 0.5) is 52.7 Å². The second-order valence-electron chi connectivity index (χ2n) is 6.95. The largest absolute Gasteiger partial charge is 0.416 e. The summed E-state index contributed by atoms with van der Waals surface area (Å²) in [5, 5.41) is 20.1. The zero-order valence-electron chi connectivity index (χ0n) is 16.1. The minimum atomic E-state index is -5.27. The van der Waals surface area contributed by atoms with Gasteiger partial charge in [-0.25, -0.2) is 0 Å². The first-order valence-electron chi connectivity index (χ1n) is 8.64. The fourth-order valence-electron chi connectivity index (χ4n) is 2.83. The molecule has 0 aromatic heterocycles. The average Bonchev–Trinajstić information content (AvgIpc) is 2.64. The van der Waals surface area contributed by atoms with E-state index in [0.717, 1.165) is 0 Å². The number of benzene rings is 2. The van der Waals surface area contributed by atoms with Gasteiger partial charge in [0.25, 0.3) is 0 Å². The van der Waals surface area contributed by atoms with Crippen LogP contribution in [-0.2, 0) is 41.8 Å². The molecule has 2 unspecified atom stereocenters. The van der Waals surface area contributed by atoms with E-state index < -0.39 is 76.7 Å². The van der Waals surface area contributed by atoms with Crippen LogP contribution in [0.3, 0.4) is 0 Å². The van der Waals surface area contributed by atoms with E-state index in [2.05, 4.69) is 0 Å². The standard InChI is InChI=1S/C19H12F12O2.Cu/c20-16(21,22)10-1-8(2-11(5-10)17(23,24)25)14(32)7-15(33)9-3-12(18(26,27)28)6-13(4-9)19(29,30)31;/h1-6,14-15,32-33H,7H2;. The zero-order valence-corrected chi connectivity index (χ0v) is 17.0. The van der Waals surface area contributed by atoms with E-state index >= 15 is 0 Å². The average molecular weight is 564 g/mol. The number of rotatable bonds is 4. The summed E-state index contributed by atoms with van der Waals surface area (Å²) >= 11 is 0. The monoisotopic (exact) mass is 563 g/mol. The quantitative estimate of drug-likeness (QED) is 0.313. The van der Waals surface area contributed by atoms with Crippen molar-refractivity contribution in [2.75, 3.05) is 0 Å². The van der Waals surface area contributed by atoms with Crippen LogP contribution in [0.5, 0.6) is 0 Å². The summed E-state index contributed by atoms with van der Waals surface area (Å²) in [5.74, 6) is 0. The maximum atomic E-state index is 12.9. The van der Waals surface area contributed by atoms with Gasteiger partial charge in [0, 0.05) is 23.5 Å². The molecule has 0 aliphatic carbocycles. The Morgan fingerprint density at radius 2 is 0.676 bits per heavy atom. The Morgan fingerprint density at radius 1 is 0.471 bits per heavy atom. The third-order valence-electron chi connectivity index (χ3n) is 4.44. The minimum absolute atomic E-state index is 0. The summed E-state index contributed by atoms with van der Waals surface area (Å²) in [7, 11) is 0. The molecular formula is C19H12CuF12O2. The van der Waals surface area contributed by atoms with Gasteiger partial charge in [-0.3, -0.25) is 0 Å². The topological polar surface area (TPSA) is 40.5 Å². The van der Waals surface area contributed by atoms with E-state index in [4.69, 9.17) is 0 Å². The van der Waals surface area contributed by atoms with Gasteiger partial charge >= 0.3 is 24.7 Å². The Hall–Kier alpha value is -1.96. The predicted molar refractivity (Wildman–Crippen MR) is 87.4 cm³/mol. The number of hydrogen-bond acceptors (Lipinski definition) is 2. The Kier molecular flexibility index (Phi) is 8.81. The molecule has 0 aliphatic rings. The fourth-order valence-corrected chi connectivity index (χ4v) is 2.83. The van der Waals surface area contributed by atoms with Crippen molar-refractivity contribution in [2.24, 2.45) is 0 Å². The Bertz CT molecular complexity index is 849. The maximum Gasteiger partial charge on any atom is 0.416 e. The van der Waals surface area contributed by atoms with E-state index in [1.54, 1.807) is 0 Å². The van der Waals surface area contributed by atoms with E-state index in [9.17, 15) is 62.9 Å². The number of hydrogen-bond donors (Lipinski definition) is 2. The van der Waals surface area contributed by atoms with Crippen molar-refractivity contribution < 1.29 is 80.0 Å². The van der Waals surface area contributed by atoms with Crippen LogP contribution < -0.4 is 0 Å². The van der Waals surface area contributed by atoms with Gasteiger partial charge in [-0.05, 0) is 47.5 Å². The number of aliphatic hydroxyl groups excluding tert-OH is 2. The van der Waals surface area contributed by atoms with Gasteiger partial charge in [-0.2, -0.15) is 52.7 Å². The van der Waals surface area contributed by atoms with Crippen molar-refractivity contribution in [3.63, 3.8) is 0 Å². The van der Waals surface area contributed by atoms with Crippen LogP contribution in [-0.4, -0.2) is 10.2 Å². The van der Waals surface area contributed by atoms with Gasteiger partial charge in [-0.1, -0.05) is 0 Å². The van der Waals surface area contributed by atoms with Crippen LogP contribution in [0.1, 0.15) is 52.0 Å². The van der Waals surface area contributed by atoms with Crippen LogP contribution in [0.25, 0.3) is 0 Å². The molecular weight excluding hydrogens is 552 g/mol. The van der Waals surface area contributed by atoms with Crippen molar-refractivity contribution in [1.29, 1.82) is 0 Å².